The molecule has 1 unspecified atom stereocenters. The lowest BCUT2D eigenvalue weighted by Crippen LogP contribution is -2.24. The average Bonchev–Trinajstić information content (AvgIpc) is 3.05. The Morgan fingerprint density at radius 1 is 1.33 bits per heavy atom. The van der Waals surface area contributed by atoms with E-state index in [1.165, 1.54) is 11.3 Å². The second-order valence-corrected chi connectivity index (χ2v) is 5.58. The normalized spacial score (nSPS) is 18.0. The summed E-state index contributed by atoms with van der Waals surface area (Å²) in [5.74, 6) is 0.944. The highest BCUT2D eigenvalue weighted by Gasteiger charge is 2.31. The summed E-state index contributed by atoms with van der Waals surface area (Å²) in [7, 11) is 1.99. The molecule has 1 aliphatic rings. The molecule has 0 aromatic carbocycles. The summed E-state index contributed by atoms with van der Waals surface area (Å²) in [5, 5.41) is 13.4. The van der Waals surface area contributed by atoms with Crippen LogP contribution in [-0.4, -0.2) is 21.3 Å². The largest absolute Gasteiger partial charge is 0.349 e. The van der Waals surface area contributed by atoms with Gasteiger partial charge in [0, 0.05) is 31.0 Å². The van der Waals surface area contributed by atoms with E-state index in [0.29, 0.717) is 11.6 Å². The maximum atomic E-state index is 8.88. The fourth-order valence-electron chi connectivity index (χ4n) is 3.24. The van der Waals surface area contributed by atoms with Crippen molar-refractivity contribution in [1.82, 2.24) is 14.8 Å². The van der Waals surface area contributed by atoms with Gasteiger partial charge in [-0.25, -0.2) is 4.98 Å². The molecular formula is C16H19N5. The molecule has 108 valence electrons. The Labute approximate surface area is 124 Å². The summed E-state index contributed by atoms with van der Waals surface area (Å²) in [6, 6.07) is 6.22. The highest BCUT2D eigenvalue weighted by molar-refractivity contribution is 5.47. The molecule has 0 radical (unpaired) electrons. The predicted molar refractivity (Wildman–Crippen MR) is 81.0 cm³/mol. The summed E-state index contributed by atoms with van der Waals surface area (Å²) in [5.41, 5.74) is 4.24. The summed E-state index contributed by atoms with van der Waals surface area (Å²) >= 11 is 0. The van der Waals surface area contributed by atoms with Gasteiger partial charge in [0.2, 0.25) is 0 Å². The van der Waals surface area contributed by atoms with Gasteiger partial charge >= 0.3 is 0 Å². The Balaban J connectivity index is 1.97. The van der Waals surface area contributed by atoms with E-state index in [1.54, 1.807) is 6.20 Å². The smallest absolute Gasteiger partial charge is 0.129 e. The topological polar surface area (TPSA) is 57.7 Å². The van der Waals surface area contributed by atoms with Gasteiger partial charge in [0.15, 0.2) is 0 Å². The minimum Gasteiger partial charge on any atom is -0.349 e. The maximum Gasteiger partial charge on any atom is 0.129 e. The molecule has 0 aliphatic carbocycles. The number of anilines is 1. The van der Waals surface area contributed by atoms with E-state index < -0.39 is 0 Å². The molecule has 3 heterocycles. The van der Waals surface area contributed by atoms with Crippen LogP contribution in [0.1, 0.15) is 41.4 Å². The lowest BCUT2D eigenvalue weighted by atomic mass is 10.0. The monoisotopic (exact) mass is 281 g/mol. The van der Waals surface area contributed by atoms with Gasteiger partial charge in [0.05, 0.1) is 17.3 Å². The molecule has 5 nitrogen and oxygen atoms in total. The summed E-state index contributed by atoms with van der Waals surface area (Å²) < 4.78 is 1.95. The zero-order chi connectivity index (χ0) is 15.0. The molecule has 0 spiro atoms. The van der Waals surface area contributed by atoms with Crippen LogP contribution < -0.4 is 4.90 Å². The molecule has 0 N–H and O–H groups in total. The number of nitrogens with zero attached hydrogens (tertiary/aromatic N) is 5. The van der Waals surface area contributed by atoms with Gasteiger partial charge in [-0.2, -0.15) is 10.4 Å². The second kappa shape index (κ2) is 5.21. The lowest BCUT2D eigenvalue weighted by molar-refractivity contribution is 0.693. The fourth-order valence-corrected chi connectivity index (χ4v) is 3.24. The summed E-state index contributed by atoms with van der Waals surface area (Å²) in [6.45, 7) is 5.19. The van der Waals surface area contributed by atoms with Gasteiger partial charge < -0.3 is 4.90 Å². The third-order valence-corrected chi connectivity index (χ3v) is 4.32. The number of aromatic nitrogens is 3. The van der Waals surface area contributed by atoms with Gasteiger partial charge in [0.1, 0.15) is 11.9 Å². The third kappa shape index (κ3) is 2.27. The molecule has 1 saturated heterocycles. The average molecular weight is 281 g/mol. The SMILES string of the molecule is Cc1nn(C)c(C)c1C1CCCN1c1ccc(C#N)cn1. The van der Waals surface area contributed by atoms with E-state index >= 15 is 0 Å². The number of rotatable bonds is 2. The lowest BCUT2D eigenvalue weighted by Gasteiger charge is -2.26. The van der Waals surface area contributed by atoms with Crippen molar-refractivity contribution in [2.24, 2.45) is 7.05 Å². The zero-order valence-corrected chi connectivity index (χ0v) is 12.7. The minimum atomic E-state index is 0.333. The quantitative estimate of drug-likeness (QED) is 0.849. The van der Waals surface area contributed by atoms with Crippen molar-refractivity contribution < 1.29 is 0 Å². The highest BCUT2D eigenvalue weighted by Crippen LogP contribution is 2.37. The van der Waals surface area contributed by atoms with E-state index in [2.05, 4.69) is 34.9 Å². The van der Waals surface area contributed by atoms with E-state index in [4.69, 9.17) is 5.26 Å². The van der Waals surface area contributed by atoms with Crippen LogP contribution in [0.5, 0.6) is 0 Å². The van der Waals surface area contributed by atoms with E-state index in [-0.39, 0.29) is 0 Å². The van der Waals surface area contributed by atoms with Crippen LogP contribution in [0.2, 0.25) is 0 Å². The number of aryl methyl sites for hydroxylation is 2. The molecule has 3 rings (SSSR count). The van der Waals surface area contributed by atoms with Crippen LogP contribution in [0.25, 0.3) is 0 Å². The molecule has 21 heavy (non-hydrogen) atoms. The van der Waals surface area contributed by atoms with Crippen molar-refractivity contribution in [3.8, 4) is 6.07 Å². The molecule has 2 aromatic rings. The van der Waals surface area contributed by atoms with Crippen LogP contribution >= 0.6 is 0 Å². The van der Waals surface area contributed by atoms with Crippen molar-refractivity contribution in [2.75, 3.05) is 11.4 Å². The van der Waals surface area contributed by atoms with Crippen molar-refractivity contribution >= 4 is 5.82 Å². The third-order valence-electron chi connectivity index (χ3n) is 4.32. The van der Waals surface area contributed by atoms with Crippen molar-refractivity contribution in [2.45, 2.75) is 32.7 Å². The van der Waals surface area contributed by atoms with Crippen LogP contribution in [0, 0.1) is 25.2 Å². The standard InChI is InChI=1S/C16H19N5/c1-11-16(12(2)20(3)19-11)14-5-4-8-21(14)15-7-6-13(9-17)10-18-15/h6-7,10,14H,4-5,8H2,1-3H3. The fraction of sp³-hybridized carbons (Fsp3) is 0.438. The van der Waals surface area contributed by atoms with Crippen molar-refractivity contribution in [1.29, 1.82) is 5.26 Å². The summed E-state index contributed by atoms with van der Waals surface area (Å²) in [6.07, 6.45) is 3.92. The number of pyridine rings is 1. The number of hydrogen-bond donors (Lipinski definition) is 0. The van der Waals surface area contributed by atoms with Gasteiger partial charge in [-0.05, 0) is 38.8 Å². The Bertz CT molecular complexity index is 693. The molecule has 1 atom stereocenters. The van der Waals surface area contributed by atoms with Gasteiger partial charge in [-0.15, -0.1) is 0 Å². The van der Waals surface area contributed by atoms with Crippen molar-refractivity contribution in [3.63, 3.8) is 0 Å². The van der Waals surface area contributed by atoms with E-state index in [0.717, 1.165) is 30.9 Å². The molecule has 2 aromatic heterocycles. The summed E-state index contributed by atoms with van der Waals surface area (Å²) in [4.78, 5) is 6.78. The van der Waals surface area contributed by atoms with Crippen LogP contribution in [0.3, 0.4) is 0 Å². The number of hydrogen-bond acceptors (Lipinski definition) is 4. The van der Waals surface area contributed by atoms with E-state index in [9.17, 15) is 0 Å². The first-order chi connectivity index (χ1) is 10.1. The zero-order valence-electron chi connectivity index (χ0n) is 12.7. The van der Waals surface area contributed by atoms with E-state index in [1.807, 2.05) is 23.9 Å². The first-order valence-electron chi connectivity index (χ1n) is 7.24. The van der Waals surface area contributed by atoms with Crippen LogP contribution in [-0.2, 0) is 7.05 Å². The molecule has 0 amide bonds. The molecule has 1 aliphatic heterocycles. The highest BCUT2D eigenvalue weighted by atomic mass is 15.3. The molecule has 0 saturated carbocycles. The Morgan fingerprint density at radius 2 is 2.14 bits per heavy atom. The van der Waals surface area contributed by atoms with Gasteiger partial charge in [0.25, 0.3) is 0 Å². The number of nitriles is 1. The Hall–Kier alpha value is -2.35. The minimum absolute atomic E-state index is 0.333. The molecular weight excluding hydrogens is 262 g/mol. The molecule has 1 fully saturated rings. The van der Waals surface area contributed by atoms with Crippen LogP contribution in [0.15, 0.2) is 18.3 Å². The molecule has 0 bridgehead atoms. The second-order valence-electron chi connectivity index (χ2n) is 5.58. The Kier molecular flexibility index (Phi) is 3.38. The van der Waals surface area contributed by atoms with Gasteiger partial charge in [-0.1, -0.05) is 0 Å². The first kappa shape index (κ1) is 13.6. The maximum absolute atomic E-state index is 8.88. The predicted octanol–water partition coefficient (Wildman–Crippen LogP) is 2.65. The van der Waals surface area contributed by atoms with Crippen molar-refractivity contribution in [3.05, 3.63) is 40.8 Å². The molecule has 5 heteroatoms. The van der Waals surface area contributed by atoms with Gasteiger partial charge in [-0.3, -0.25) is 4.68 Å². The Morgan fingerprint density at radius 3 is 2.71 bits per heavy atom. The first-order valence-corrected chi connectivity index (χ1v) is 7.24. The van der Waals surface area contributed by atoms with Crippen LogP contribution in [0.4, 0.5) is 5.82 Å².